The summed E-state index contributed by atoms with van der Waals surface area (Å²) in [6.07, 6.45) is 3.90. The molecule has 1 saturated heterocycles. The molecule has 0 amide bonds. The molecule has 6 nitrogen and oxygen atoms in total. The molecule has 2 aromatic heterocycles. The van der Waals surface area contributed by atoms with Gasteiger partial charge in [0.25, 0.3) is 0 Å². The van der Waals surface area contributed by atoms with E-state index in [9.17, 15) is 0 Å². The van der Waals surface area contributed by atoms with E-state index in [0.29, 0.717) is 6.04 Å². The Morgan fingerprint density at radius 3 is 2.65 bits per heavy atom. The summed E-state index contributed by atoms with van der Waals surface area (Å²) in [5, 5.41) is 8.07. The van der Waals surface area contributed by atoms with Crippen molar-refractivity contribution in [2.75, 3.05) is 19.6 Å². The third-order valence-corrected chi connectivity index (χ3v) is 5.09. The van der Waals surface area contributed by atoms with Gasteiger partial charge in [-0.1, -0.05) is 12.1 Å². The first-order valence-electron chi connectivity index (χ1n) is 9.16. The third-order valence-electron chi connectivity index (χ3n) is 5.09. The Hall–Kier alpha value is -2.44. The Balaban J connectivity index is 1.52. The van der Waals surface area contributed by atoms with E-state index >= 15 is 0 Å². The Bertz CT molecular complexity index is 876. The zero-order chi connectivity index (χ0) is 18.1. The zero-order valence-corrected chi connectivity index (χ0v) is 15.7. The van der Waals surface area contributed by atoms with Crippen LogP contribution in [0.4, 0.5) is 0 Å². The molecule has 1 aliphatic rings. The minimum absolute atomic E-state index is 0.305. The predicted octanol–water partition coefficient (Wildman–Crippen LogP) is 2.37. The molecule has 3 aromatic rings. The second-order valence-electron chi connectivity index (χ2n) is 7.09. The molecule has 26 heavy (non-hydrogen) atoms. The minimum Gasteiger partial charge on any atom is -0.337 e. The van der Waals surface area contributed by atoms with Crippen LogP contribution >= 0.6 is 0 Å². The van der Waals surface area contributed by atoms with Gasteiger partial charge in [-0.05, 0) is 37.6 Å². The Labute approximate surface area is 154 Å². The maximum atomic E-state index is 4.57. The van der Waals surface area contributed by atoms with Gasteiger partial charge in [-0.2, -0.15) is 5.10 Å². The van der Waals surface area contributed by atoms with Gasteiger partial charge in [-0.15, -0.1) is 0 Å². The fraction of sp³-hybridized carbons (Fsp3) is 0.400. The Morgan fingerprint density at radius 1 is 1.19 bits per heavy atom. The van der Waals surface area contributed by atoms with Crippen molar-refractivity contribution < 1.29 is 0 Å². The van der Waals surface area contributed by atoms with E-state index in [1.54, 1.807) is 0 Å². The summed E-state index contributed by atoms with van der Waals surface area (Å²) < 4.78 is 4.12. The molecule has 1 unspecified atom stereocenters. The highest BCUT2D eigenvalue weighted by molar-refractivity contribution is 5.36. The smallest absolute Gasteiger partial charge is 0.127 e. The van der Waals surface area contributed by atoms with Crippen LogP contribution in [-0.4, -0.2) is 43.9 Å². The van der Waals surface area contributed by atoms with Crippen LogP contribution in [0.5, 0.6) is 0 Å². The molecule has 0 saturated carbocycles. The molecule has 3 heterocycles. The summed E-state index contributed by atoms with van der Waals surface area (Å²) in [6, 6.07) is 11.2. The van der Waals surface area contributed by atoms with E-state index in [-0.39, 0.29) is 0 Å². The van der Waals surface area contributed by atoms with E-state index in [0.717, 1.165) is 49.1 Å². The van der Waals surface area contributed by atoms with Crippen LogP contribution in [0, 0.1) is 13.8 Å². The number of piperazine rings is 1. The van der Waals surface area contributed by atoms with Crippen molar-refractivity contribution >= 4 is 0 Å². The number of benzene rings is 1. The van der Waals surface area contributed by atoms with Gasteiger partial charge in [-0.3, -0.25) is 4.90 Å². The number of nitrogens with zero attached hydrogens (tertiary/aromatic N) is 5. The van der Waals surface area contributed by atoms with Gasteiger partial charge in [0.15, 0.2) is 0 Å². The van der Waals surface area contributed by atoms with E-state index < -0.39 is 0 Å². The highest BCUT2D eigenvalue weighted by Crippen LogP contribution is 2.23. The fourth-order valence-electron chi connectivity index (χ4n) is 3.76. The molecule has 1 atom stereocenters. The second-order valence-corrected chi connectivity index (χ2v) is 7.09. The topological polar surface area (TPSA) is 50.9 Å². The number of aryl methyl sites for hydroxylation is 3. The lowest BCUT2D eigenvalue weighted by Gasteiger charge is -2.35. The number of aromatic nitrogens is 4. The van der Waals surface area contributed by atoms with Crippen molar-refractivity contribution in [3.63, 3.8) is 0 Å². The maximum absolute atomic E-state index is 4.57. The molecule has 1 N–H and O–H groups in total. The molecular formula is C20H26N6. The predicted molar refractivity (Wildman–Crippen MR) is 102 cm³/mol. The summed E-state index contributed by atoms with van der Waals surface area (Å²) >= 11 is 0. The molecule has 0 aliphatic carbocycles. The standard InChI is InChI=1S/C20H26N6/c1-15-12-16(2)26(23-15)18-6-4-17(5-7-18)14-25-11-8-21-13-19(25)20-22-9-10-24(20)3/h4-7,9-10,12,19,21H,8,11,13-14H2,1-3H3. The summed E-state index contributed by atoms with van der Waals surface area (Å²) in [6.45, 7) is 8.03. The number of hydrogen-bond donors (Lipinski definition) is 1. The van der Waals surface area contributed by atoms with Crippen molar-refractivity contribution in [1.29, 1.82) is 0 Å². The van der Waals surface area contributed by atoms with E-state index in [1.165, 1.54) is 5.56 Å². The molecule has 0 radical (unpaired) electrons. The van der Waals surface area contributed by atoms with E-state index in [4.69, 9.17) is 0 Å². The second kappa shape index (κ2) is 7.05. The van der Waals surface area contributed by atoms with Crippen LogP contribution in [0.2, 0.25) is 0 Å². The quantitative estimate of drug-likeness (QED) is 0.785. The first kappa shape index (κ1) is 17.0. The summed E-state index contributed by atoms with van der Waals surface area (Å²) in [5.41, 5.74) is 4.63. The number of nitrogens with one attached hydrogen (secondary N) is 1. The summed E-state index contributed by atoms with van der Waals surface area (Å²) in [5.74, 6) is 1.12. The Morgan fingerprint density at radius 2 is 2.00 bits per heavy atom. The molecule has 136 valence electrons. The molecule has 1 aromatic carbocycles. The molecular weight excluding hydrogens is 324 g/mol. The third kappa shape index (κ3) is 3.30. The van der Waals surface area contributed by atoms with Crippen molar-refractivity contribution in [2.24, 2.45) is 7.05 Å². The number of hydrogen-bond acceptors (Lipinski definition) is 4. The maximum Gasteiger partial charge on any atom is 0.127 e. The highest BCUT2D eigenvalue weighted by atomic mass is 15.3. The zero-order valence-electron chi connectivity index (χ0n) is 15.7. The van der Waals surface area contributed by atoms with Crippen LogP contribution in [-0.2, 0) is 13.6 Å². The molecule has 1 aliphatic heterocycles. The van der Waals surface area contributed by atoms with Crippen LogP contribution in [0.1, 0.15) is 28.8 Å². The van der Waals surface area contributed by atoms with Gasteiger partial charge < -0.3 is 9.88 Å². The highest BCUT2D eigenvalue weighted by Gasteiger charge is 2.26. The molecule has 0 bridgehead atoms. The van der Waals surface area contributed by atoms with Crippen LogP contribution in [0.3, 0.4) is 0 Å². The van der Waals surface area contributed by atoms with Gasteiger partial charge in [0.05, 0.1) is 17.4 Å². The van der Waals surface area contributed by atoms with Gasteiger partial charge in [0, 0.05) is 51.3 Å². The first-order chi connectivity index (χ1) is 12.6. The molecule has 6 heteroatoms. The van der Waals surface area contributed by atoms with Gasteiger partial charge in [0.1, 0.15) is 5.82 Å². The number of rotatable bonds is 4. The lowest BCUT2D eigenvalue weighted by Crippen LogP contribution is -2.46. The van der Waals surface area contributed by atoms with Gasteiger partial charge in [0.2, 0.25) is 0 Å². The van der Waals surface area contributed by atoms with Gasteiger partial charge >= 0.3 is 0 Å². The van der Waals surface area contributed by atoms with Crippen molar-refractivity contribution in [3.8, 4) is 5.69 Å². The monoisotopic (exact) mass is 350 g/mol. The van der Waals surface area contributed by atoms with Crippen molar-refractivity contribution in [3.05, 3.63) is 65.5 Å². The van der Waals surface area contributed by atoms with E-state index in [2.05, 4.69) is 69.2 Å². The average molecular weight is 350 g/mol. The summed E-state index contributed by atoms with van der Waals surface area (Å²) in [7, 11) is 2.07. The molecule has 1 fully saturated rings. The summed E-state index contributed by atoms with van der Waals surface area (Å²) in [4.78, 5) is 7.08. The minimum atomic E-state index is 0.305. The van der Waals surface area contributed by atoms with Crippen LogP contribution in [0.25, 0.3) is 5.69 Å². The normalized spacial score (nSPS) is 18.3. The van der Waals surface area contributed by atoms with Gasteiger partial charge in [-0.25, -0.2) is 9.67 Å². The van der Waals surface area contributed by atoms with Crippen molar-refractivity contribution in [2.45, 2.75) is 26.4 Å². The largest absolute Gasteiger partial charge is 0.337 e. The lowest BCUT2D eigenvalue weighted by atomic mass is 10.1. The SMILES string of the molecule is Cc1cc(C)n(-c2ccc(CN3CCNCC3c3nccn3C)cc2)n1. The first-order valence-corrected chi connectivity index (χ1v) is 9.16. The average Bonchev–Trinajstić information content (AvgIpc) is 3.21. The molecule has 0 spiro atoms. The van der Waals surface area contributed by atoms with E-state index in [1.807, 2.05) is 24.0 Å². The molecule has 4 rings (SSSR count). The van der Waals surface area contributed by atoms with Crippen LogP contribution < -0.4 is 5.32 Å². The Kier molecular flexibility index (Phi) is 4.61. The van der Waals surface area contributed by atoms with Crippen LogP contribution in [0.15, 0.2) is 42.7 Å². The fourth-order valence-corrected chi connectivity index (χ4v) is 3.76. The van der Waals surface area contributed by atoms with Crippen molar-refractivity contribution in [1.82, 2.24) is 29.5 Å². The lowest BCUT2D eigenvalue weighted by molar-refractivity contribution is 0.145. The number of imidazole rings is 1.